The van der Waals surface area contributed by atoms with Crippen molar-refractivity contribution in [3.8, 4) is 0 Å². The number of allylic oxidation sites excluding steroid dienone is 2. The van der Waals surface area contributed by atoms with E-state index < -0.39 is 0 Å². The highest BCUT2D eigenvalue weighted by atomic mass is 79.9. The van der Waals surface area contributed by atoms with E-state index in [0.29, 0.717) is 0 Å². The van der Waals surface area contributed by atoms with Crippen LogP contribution in [-0.2, 0) is 0 Å². The van der Waals surface area contributed by atoms with Crippen molar-refractivity contribution in [1.82, 2.24) is 0 Å². The number of azo groups is 1. The molecule has 0 aromatic heterocycles. The summed E-state index contributed by atoms with van der Waals surface area (Å²) in [5.74, 6) is 0. The van der Waals surface area contributed by atoms with E-state index in [-0.39, 0.29) is 6.04 Å². The molecule has 0 radical (unpaired) electrons. The first-order chi connectivity index (χ1) is 4.86. The van der Waals surface area contributed by atoms with Gasteiger partial charge in [0.2, 0.25) is 0 Å². The standard InChI is InChI=1S/C7H5BrN2/c8-6-1-2-7-5(3-6)4-9-10-7/h1-4,7H/t7-/m0/s1. The summed E-state index contributed by atoms with van der Waals surface area (Å²) in [5, 5.41) is 7.78. The van der Waals surface area contributed by atoms with E-state index in [1.54, 1.807) is 6.20 Å². The lowest BCUT2D eigenvalue weighted by molar-refractivity contribution is 0.944. The molecule has 0 unspecified atom stereocenters. The Morgan fingerprint density at radius 1 is 1.50 bits per heavy atom. The smallest absolute Gasteiger partial charge is 0.116 e. The van der Waals surface area contributed by atoms with Gasteiger partial charge in [-0.05, 0) is 12.2 Å². The molecule has 2 rings (SSSR count). The molecule has 0 N–H and O–H groups in total. The lowest BCUT2D eigenvalue weighted by Crippen LogP contribution is -2.01. The number of fused-ring (bicyclic) bond motifs is 1. The SMILES string of the molecule is BrC1=CC2=CN=N[C@H]2C=C1. The zero-order valence-electron chi connectivity index (χ0n) is 5.16. The monoisotopic (exact) mass is 196 g/mol. The third kappa shape index (κ3) is 0.865. The molecule has 0 aromatic rings. The summed E-state index contributed by atoms with van der Waals surface area (Å²) in [6.45, 7) is 0. The molecule has 0 saturated heterocycles. The molecule has 0 bridgehead atoms. The van der Waals surface area contributed by atoms with Gasteiger partial charge in [0.15, 0.2) is 0 Å². The highest BCUT2D eigenvalue weighted by Crippen LogP contribution is 2.25. The predicted molar refractivity (Wildman–Crippen MR) is 42.9 cm³/mol. The second-order valence-electron chi connectivity index (χ2n) is 2.19. The normalized spacial score (nSPS) is 27.9. The Morgan fingerprint density at radius 3 is 3.30 bits per heavy atom. The van der Waals surface area contributed by atoms with Gasteiger partial charge in [0.25, 0.3) is 0 Å². The van der Waals surface area contributed by atoms with Crippen LogP contribution in [0.1, 0.15) is 0 Å². The first-order valence-electron chi connectivity index (χ1n) is 3.02. The highest BCUT2D eigenvalue weighted by Gasteiger charge is 2.15. The van der Waals surface area contributed by atoms with Crippen LogP contribution < -0.4 is 0 Å². The minimum Gasteiger partial charge on any atom is -0.177 e. The first-order valence-corrected chi connectivity index (χ1v) is 3.81. The molecule has 0 saturated carbocycles. The summed E-state index contributed by atoms with van der Waals surface area (Å²) in [5.41, 5.74) is 1.16. The molecule has 50 valence electrons. The lowest BCUT2D eigenvalue weighted by atomic mass is 10.1. The Bertz CT molecular complexity index is 273. The molecular weight excluding hydrogens is 192 g/mol. The van der Waals surface area contributed by atoms with Gasteiger partial charge in [0.05, 0.1) is 6.20 Å². The molecule has 10 heavy (non-hydrogen) atoms. The van der Waals surface area contributed by atoms with Gasteiger partial charge >= 0.3 is 0 Å². The third-order valence-electron chi connectivity index (χ3n) is 1.48. The Balaban J connectivity index is 2.39. The molecule has 1 atom stereocenters. The van der Waals surface area contributed by atoms with Gasteiger partial charge in [0.1, 0.15) is 6.04 Å². The maximum absolute atomic E-state index is 3.97. The van der Waals surface area contributed by atoms with Gasteiger partial charge in [-0.25, -0.2) is 0 Å². The van der Waals surface area contributed by atoms with Crippen molar-refractivity contribution in [2.45, 2.75) is 6.04 Å². The van der Waals surface area contributed by atoms with Gasteiger partial charge in [0, 0.05) is 10.1 Å². The van der Waals surface area contributed by atoms with Crippen molar-refractivity contribution >= 4 is 15.9 Å². The Hall–Kier alpha value is -0.700. The van der Waals surface area contributed by atoms with E-state index in [1.165, 1.54) is 0 Å². The summed E-state index contributed by atoms with van der Waals surface area (Å²) in [6, 6.07) is 0.182. The largest absolute Gasteiger partial charge is 0.177 e. The Morgan fingerprint density at radius 2 is 2.40 bits per heavy atom. The molecule has 1 aliphatic heterocycles. The number of hydrogen-bond donors (Lipinski definition) is 0. The quantitative estimate of drug-likeness (QED) is 0.570. The average molecular weight is 197 g/mol. The zero-order chi connectivity index (χ0) is 6.97. The van der Waals surface area contributed by atoms with Crippen LogP contribution in [0, 0.1) is 0 Å². The van der Waals surface area contributed by atoms with Crippen molar-refractivity contribution in [2.24, 2.45) is 10.2 Å². The van der Waals surface area contributed by atoms with Gasteiger partial charge in [-0.2, -0.15) is 10.2 Å². The molecule has 1 aliphatic carbocycles. The predicted octanol–water partition coefficient (Wildman–Crippen LogP) is 2.55. The van der Waals surface area contributed by atoms with Crippen molar-refractivity contribution in [3.63, 3.8) is 0 Å². The molecule has 1 heterocycles. The van der Waals surface area contributed by atoms with Crippen molar-refractivity contribution in [2.75, 3.05) is 0 Å². The fourth-order valence-electron chi connectivity index (χ4n) is 0.978. The third-order valence-corrected chi connectivity index (χ3v) is 1.97. The Kier molecular flexibility index (Phi) is 1.31. The number of hydrogen-bond acceptors (Lipinski definition) is 2. The van der Waals surface area contributed by atoms with Gasteiger partial charge in [-0.15, -0.1) is 0 Å². The second kappa shape index (κ2) is 2.16. The van der Waals surface area contributed by atoms with Crippen molar-refractivity contribution in [1.29, 1.82) is 0 Å². The van der Waals surface area contributed by atoms with Gasteiger partial charge in [-0.1, -0.05) is 22.0 Å². The van der Waals surface area contributed by atoms with E-state index in [2.05, 4.69) is 26.2 Å². The molecular formula is C7H5BrN2. The number of nitrogens with zero attached hydrogens (tertiary/aromatic N) is 2. The number of rotatable bonds is 0. The maximum Gasteiger partial charge on any atom is 0.116 e. The van der Waals surface area contributed by atoms with Crippen LogP contribution >= 0.6 is 15.9 Å². The molecule has 2 nitrogen and oxygen atoms in total. The van der Waals surface area contributed by atoms with Crippen LogP contribution in [-0.4, -0.2) is 6.04 Å². The molecule has 0 aromatic carbocycles. The second-order valence-corrected chi connectivity index (χ2v) is 3.11. The van der Waals surface area contributed by atoms with Crippen LogP contribution in [0.4, 0.5) is 0 Å². The summed E-state index contributed by atoms with van der Waals surface area (Å²) in [7, 11) is 0. The molecule has 2 aliphatic rings. The average Bonchev–Trinajstić information content (AvgIpc) is 2.33. The molecule has 0 amide bonds. The summed E-state index contributed by atoms with van der Waals surface area (Å²) in [6.07, 6.45) is 7.83. The minimum atomic E-state index is 0.182. The minimum absolute atomic E-state index is 0.182. The van der Waals surface area contributed by atoms with E-state index in [1.807, 2.05) is 18.2 Å². The van der Waals surface area contributed by atoms with E-state index in [9.17, 15) is 0 Å². The summed E-state index contributed by atoms with van der Waals surface area (Å²) < 4.78 is 1.09. The first kappa shape index (κ1) is 6.04. The zero-order valence-corrected chi connectivity index (χ0v) is 6.75. The fraction of sp³-hybridized carbons (Fsp3) is 0.143. The van der Waals surface area contributed by atoms with E-state index in [4.69, 9.17) is 0 Å². The highest BCUT2D eigenvalue weighted by molar-refractivity contribution is 9.11. The summed E-state index contributed by atoms with van der Waals surface area (Å²) >= 11 is 3.37. The van der Waals surface area contributed by atoms with Crippen molar-refractivity contribution in [3.05, 3.63) is 34.5 Å². The van der Waals surface area contributed by atoms with Crippen LogP contribution in [0.2, 0.25) is 0 Å². The topological polar surface area (TPSA) is 24.7 Å². The van der Waals surface area contributed by atoms with E-state index in [0.717, 1.165) is 10.1 Å². The van der Waals surface area contributed by atoms with Crippen LogP contribution in [0.15, 0.2) is 44.7 Å². The number of halogens is 1. The van der Waals surface area contributed by atoms with Crippen LogP contribution in [0.5, 0.6) is 0 Å². The lowest BCUT2D eigenvalue weighted by Gasteiger charge is -2.06. The fourth-order valence-corrected chi connectivity index (χ4v) is 1.39. The van der Waals surface area contributed by atoms with Crippen molar-refractivity contribution < 1.29 is 0 Å². The van der Waals surface area contributed by atoms with Gasteiger partial charge in [-0.3, -0.25) is 0 Å². The maximum atomic E-state index is 3.97. The summed E-state index contributed by atoms with van der Waals surface area (Å²) in [4.78, 5) is 0. The van der Waals surface area contributed by atoms with Gasteiger partial charge < -0.3 is 0 Å². The van der Waals surface area contributed by atoms with Crippen LogP contribution in [0.3, 0.4) is 0 Å². The molecule has 3 heteroatoms. The van der Waals surface area contributed by atoms with E-state index >= 15 is 0 Å². The Labute approximate surface area is 67.2 Å². The molecule has 0 fully saturated rings. The van der Waals surface area contributed by atoms with Crippen LogP contribution in [0.25, 0.3) is 0 Å². The molecule has 0 spiro atoms.